The normalized spacial score (nSPS) is 12.1. The maximum atomic E-state index is 6.36. The fourth-order valence-electron chi connectivity index (χ4n) is 10.3. The molecule has 63 heavy (non-hydrogen) atoms. The highest BCUT2D eigenvalue weighted by Gasteiger charge is 2.24. The molecule has 0 aliphatic heterocycles. The number of benzene rings is 10. The highest BCUT2D eigenvalue weighted by molar-refractivity contribution is 6.28. The summed E-state index contributed by atoms with van der Waals surface area (Å²) >= 11 is 0. The van der Waals surface area contributed by atoms with Crippen molar-refractivity contribution in [2.24, 2.45) is 0 Å². The highest BCUT2D eigenvalue weighted by Crippen LogP contribution is 2.44. The molecule has 0 bridgehead atoms. The van der Waals surface area contributed by atoms with Gasteiger partial charge in [-0.3, -0.25) is 4.57 Å². The topological polar surface area (TPSA) is 61.7 Å². The summed E-state index contributed by atoms with van der Waals surface area (Å²) in [4.78, 5) is 16.0. The average Bonchev–Trinajstić information content (AvgIpc) is 4.02. The van der Waals surface area contributed by atoms with E-state index >= 15 is 0 Å². The fraction of sp³-hybridized carbons (Fsp3) is 0. The molecular formula is C57H33N5O. The Kier molecular flexibility index (Phi) is 7.02. The van der Waals surface area contributed by atoms with Crippen molar-refractivity contribution in [2.45, 2.75) is 0 Å². The minimum atomic E-state index is 0.545. The van der Waals surface area contributed by atoms with E-state index in [1.165, 1.54) is 32.3 Å². The molecule has 0 spiro atoms. The monoisotopic (exact) mass is 803 g/mol. The number of para-hydroxylation sites is 3. The van der Waals surface area contributed by atoms with E-state index in [1.807, 2.05) is 48.5 Å². The van der Waals surface area contributed by atoms with Gasteiger partial charge >= 0.3 is 0 Å². The van der Waals surface area contributed by atoms with E-state index < -0.39 is 0 Å². The van der Waals surface area contributed by atoms with E-state index in [4.69, 9.17) is 19.4 Å². The molecule has 0 N–H and O–H groups in total. The molecule has 0 radical (unpaired) electrons. The van der Waals surface area contributed by atoms with E-state index in [-0.39, 0.29) is 0 Å². The predicted octanol–water partition coefficient (Wildman–Crippen LogP) is 14.8. The van der Waals surface area contributed by atoms with Gasteiger partial charge in [-0.15, -0.1) is 0 Å². The zero-order valence-corrected chi connectivity index (χ0v) is 33.7. The summed E-state index contributed by atoms with van der Waals surface area (Å²) in [7, 11) is 0. The number of rotatable bonds is 4. The third-order valence-corrected chi connectivity index (χ3v) is 13.0. The van der Waals surface area contributed by atoms with Crippen molar-refractivity contribution in [1.82, 2.24) is 24.1 Å². The van der Waals surface area contributed by atoms with E-state index in [0.717, 1.165) is 82.4 Å². The largest absolute Gasteiger partial charge is 0.456 e. The first-order valence-corrected chi connectivity index (χ1v) is 21.3. The van der Waals surface area contributed by atoms with Crippen molar-refractivity contribution in [3.05, 3.63) is 200 Å². The molecule has 4 heterocycles. The minimum Gasteiger partial charge on any atom is -0.456 e. The van der Waals surface area contributed by atoms with Gasteiger partial charge in [-0.05, 0) is 74.8 Å². The van der Waals surface area contributed by atoms with Crippen LogP contribution >= 0.6 is 0 Å². The molecule has 0 unspecified atom stereocenters. The second-order valence-corrected chi connectivity index (χ2v) is 16.3. The maximum absolute atomic E-state index is 6.36. The molecule has 292 valence electrons. The van der Waals surface area contributed by atoms with E-state index in [2.05, 4.69) is 161 Å². The molecule has 0 atom stereocenters. The Labute approximate surface area is 359 Å². The zero-order valence-electron chi connectivity index (χ0n) is 33.7. The van der Waals surface area contributed by atoms with Crippen LogP contribution < -0.4 is 0 Å². The molecule has 0 aliphatic rings. The van der Waals surface area contributed by atoms with Gasteiger partial charge in [-0.2, -0.15) is 9.97 Å². The summed E-state index contributed by atoms with van der Waals surface area (Å²) < 4.78 is 11.0. The molecule has 14 rings (SSSR count). The number of aromatic nitrogens is 5. The standard InChI is InChI=1S/C57H33N5O/c1-2-15-34(16-3-1)55-58-56(45-24-14-28-51-52(45)44-23-10-13-27-50(44)63-51)60-57(59-55)62-47-25-11-8-21-41(47)42-31-32-49-53(54(42)62)43-22-9-12-26-48(43)61(49)35-29-30-40-38-19-5-4-17-36(38)37-18-6-7-20-39(37)46(40)33-35/h1-33H. The van der Waals surface area contributed by atoms with E-state index in [0.29, 0.717) is 17.6 Å². The van der Waals surface area contributed by atoms with Gasteiger partial charge in [0, 0.05) is 49.1 Å². The van der Waals surface area contributed by atoms with Gasteiger partial charge in [0.25, 0.3) is 0 Å². The Morgan fingerprint density at radius 2 is 0.905 bits per heavy atom. The number of hydrogen-bond acceptors (Lipinski definition) is 4. The molecule has 0 saturated heterocycles. The molecule has 0 amide bonds. The second-order valence-electron chi connectivity index (χ2n) is 16.3. The van der Waals surface area contributed by atoms with Gasteiger partial charge in [0.05, 0.1) is 22.1 Å². The van der Waals surface area contributed by atoms with Gasteiger partial charge < -0.3 is 8.98 Å². The van der Waals surface area contributed by atoms with Crippen LogP contribution in [0, 0.1) is 0 Å². The quantitative estimate of drug-likeness (QED) is 0.166. The Morgan fingerprint density at radius 3 is 1.67 bits per heavy atom. The molecule has 0 aliphatic carbocycles. The summed E-state index contributed by atoms with van der Waals surface area (Å²) in [6, 6.07) is 70.9. The van der Waals surface area contributed by atoms with Crippen molar-refractivity contribution >= 4 is 97.9 Å². The third-order valence-electron chi connectivity index (χ3n) is 13.0. The summed E-state index contributed by atoms with van der Waals surface area (Å²) in [5.74, 6) is 1.72. The molecular weight excluding hydrogens is 771 g/mol. The van der Waals surface area contributed by atoms with Gasteiger partial charge in [-0.25, -0.2) is 4.98 Å². The van der Waals surface area contributed by atoms with E-state index in [1.54, 1.807) is 0 Å². The van der Waals surface area contributed by atoms with Crippen LogP contribution in [0.3, 0.4) is 0 Å². The predicted molar refractivity (Wildman–Crippen MR) is 259 cm³/mol. The van der Waals surface area contributed by atoms with Crippen LogP contribution in [-0.2, 0) is 0 Å². The highest BCUT2D eigenvalue weighted by atomic mass is 16.3. The molecule has 4 aromatic heterocycles. The van der Waals surface area contributed by atoms with Crippen molar-refractivity contribution in [2.75, 3.05) is 0 Å². The van der Waals surface area contributed by atoms with Crippen LogP contribution in [0.4, 0.5) is 0 Å². The maximum Gasteiger partial charge on any atom is 0.238 e. The first kappa shape index (κ1) is 34.1. The number of nitrogens with zero attached hydrogens (tertiary/aromatic N) is 5. The lowest BCUT2D eigenvalue weighted by Gasteiger charge is -2.14. The van der Waals surface area contributed by atoms with Gasteiger partial charge in [0.2, 0.25) is 5.95 Å². The third kappa shape index (κ3) is 4.86. The van der Waals surface area contributed by atoms with Crippen molar-refractivity contribution in [3.8, 4) is 34.4 Å². The van der Waals surface area contributed by atoms with Crippen molar-refractivity contribution in [1.29, 1.82) is 0 Å². The smallest absolute Gasteiger partial charge is 0.238 e. The van der Waals surface area contributed by atoms with Gasteiger partial charge in [0.15, 0.2) is 11.6 Å². The second kappa shape index (κ2) is 12.9. The summed E-state index contributed by atoms with van der Waals surface area (Å²) in [5, 5.41) is 14.1. The lowest BCUT2D eigenvalue weighted by molar-refractivity contribution is 0.669. The molecule has 10 aromatic carbocycles. The van der Waals surface area contributed by atoms with Crippen LogP contribution in [0.25, 0.3) is 132 Å². The summed E-state index contributed by atoms with van der Waals surface area (Å²) in [6.45, 7) is 0. The van der Waals surface area contributed by atoms with E-state index in [9.17, 15) is 0 Å². The van der Waals surface area contributed by atoms with Crippen molar-refractivity contribution in [3.63, 3.8) is 0 Å². The lowest BCUT2D eigenvalue weighted by atomic mass is 9.94. The van der Waals surface area contributed by atoms with Crippen LogP contribution in [0.15, 0.2) is 205 Å². The minimum absolute atomic E-state index is 0.545. The Bertz CT molecular complexity index is 4180. The Morgan fingerprint density at radius 1 is 0.333 bits per heavy atom. The Balaban J connectivity index is 1.09. The number of hydrogen-bond donors (Lipinski definition) is 0. The molecule has 14 aromatic rings. The SMILES string of the molecule is c1ccc(-c2nc(-c3cccc4oc5ccccc5c34)nc(-n3c4ccccc4c4ccc5c(c6ccccc6n5-c5ccc6c7ccccc7c7ccccc7c6c5)c43)n2)cc1. The lowest BCUT2D eigenvalue weighted by Crippen LogP contribution is -2.06. The molecule has 0 saturated carbocycles. The number of fused-ring (bicyclic) bond motifs is 16. The van der Waals surface area contributed by atoms with Gasteiger partial charge in [-0.1, -0.05) is 158 Å². The zero-order chi connectivity index (χ0) is 41.2. The molecule has 6 heteroatoms. The van der Waals surface area contributed by atoms with Crippen LogP contribution in [0.2, 0.25) is 0 Å². The van der Waals surface area contributed by atoms with Crippen molar-refractivity contribution < 1.29 is 4.42 Å². The number of furan rings is 1. The molecule has 6 nitrogen and oxygen atoms in total. The fourth-order valence-corrected chi connectivity index (χ4v) is 10.3. The summed E-state index contributed by atoms with van der Waals surface area (Å²) in [6.07, 6.45) is 0. The first-order chi connectivity index (χ1) is 31.3. The van der Waals surface area contributed by atoms with Crippen LogP contribution in [0.1, 0.15) is 0 Å². The average molecular weight is 804 g/mol. The van der Waals surface area contributed by atoms with Crippen LogP contribution in [0.5, 0.6) is 0 Å². The first-order valence-electron chi connectivity index (χ1n) is 21.3. The molecule has 0 fully saturated rings. The summed E-state index contributed by atoms with van der Waals surface area (Å²) in [5.41, 5.74) is 8.80. The van der Waals surface area contributed by atoms with Crippen LogP contribution in [-0.4, -0.2) is 24.1 Å². The van der Waals surface area contributed by atoms with Gasteiger partial charge in [0.1, 0.15) is 11.2 Å². The Hall–Kier alpha value is -8.61.